The molecule has 1 aliphatic heterocycles. The van der Waals surface area contributed by atoms with Crippen LogP contribution in [0.5, 0.6) is 0 Å². The van der Waals surface area contributed by atoms with Crippen molar-refractivity contribution in [2.45, 2.75) is 46.3 Å². The lowest BCUT2D eigenvalue weighted by Crippen LogP contribution is -2.38. The average Bonchev–Trinajstić information content (AvgIpc) is 2.43. The van der Waals surface area contributed by atoms with Gasteiger partial charge in [-0.25, -0.2) is 4.98 Å². The summed E-state index contributed by atoms with van der Waals surface area (Å²) in [5.74, 6) is 1.16. The van der Waals surface area contributed by atoms with E-state index in [2.05, 4.69) is 37.1 Å². The highest BCUT2D eigenvalue weighted by molar-refractivity contribution is 5.52. The van der Waals surface area contributed by atoms with Gasteiger partial charge in [0.15, 0.2) is 0 Å². The lowest BCUT2D eigenvalue weighted by atomic mass is 10.0. The molecule has 2 rings (SSSR count). The Labute approximate surface area is 122 Å². The van der Waals surface area contributed by atoms with E-state index in [1.807, 2.05) is 7.05 Å². The molecule has 1 aromatic rings. The third kappa shape index (κ3) is 3.49. The molecule has 1 saturated heterocycles. The van der Waals surface area contributed by atoms with Gasteiger partial charge in [-0.2, -0.15) is 0 Å². The molecule has 0 spiro atoms. The molecule has 1 aliphatic rings. The summed E-state index contributed by atoms with van der Waals surface area (Å²) in [5.41, 5.74) is 3.76. The van der Waals surface area contributed by atoms with Crippen LogP contribution in [0.2, 0.25) is 0 Å². The van der Waals surface area contributed by atoms with Crippen molar-refractivity contribution in [1.29, 1.82) is 0 Å². The number of rotatable bonds is 5. The monoisotopic (exact) mass is 277 g/mol. The van der Waals surface area contributed by atoms with Crippen LogP contribution < -0.4 is 10.2 Å². The van der Waals surface area contributed by atoms with Crippen LogP contribution in [0.1, 0.15) is 36.6 Å². The van der Waals surface area contributed by atoms with E-state index in [0.717, 1.165) is 50.6 Å². The number of ether oxygens (including phenoxy) is 1. The number of hydrogen-bond acceptors (Lipinski definition) is 4. The zero-order chi connectivity index (χ0) is 14.5. The summed E-state index contributed by atoms with van der Waals surface area (Å²) in [5, 5.41) is 3.26. The van der Waals surface area contributed by atoms with Crippen LogP contribution >= 0.6 is 0 Å². The smallest absolute Gasteiger partial charge is 0.133 e. The second-order valence-corrected chi connectivity index (χ2v) is 5.55. The zero-order valence-corrected chi connectivity index (χ0v) is 13.2. The predicted molar refractivity (Wildman–Crippen MR) is 83.3 cm³/mol. The molecule has 0 unspecified atom stereocenters. The summed E-state index contributed by atoms with van der Waals surface area (Å²) in [7, 11) is 1.99. The van der Waals surface area contributed by atoms with Crippen LogP contribution in [0.3, 0.4) is 0 Å². The van der Waals surface area contributed by atoms with E-state index in [9.17, 15) is 0 Å². The lowest BCUT2D eigenvalue weighted by molar-refractivity contribution is 0.0458. The largest absolute Gasteiger partial charge is 0.378 e. The molecule has 0 atom stereocenters. The highest BCUT2D eigenvalue weighted by Gasteiger charge is 2.22. The summed E-state index contributed by atoms with van der Waals surface area (Å²) >= 11 is 0. The van der Waals surface area contributed by atoms with E-state index in [0.29, 0.717) is 6.10 Å². The zero-order valence-electron chi connectivity index (χ0n) is 13.2. The van der Waals surface area contributed by atoms with Crippen molar-refractivity contribution in [3.63, 3.8) is 0 Å². The minimum Gasteiger partial charge on any atom is -0.378 e. The van der Waals surface area contributed by atoms with E-state index in [1.54, 1.807) is 0 Å². The molecule has 0 amide bonds. The number of nitrogens with zero attached hydrogens (tertiary/aromatic N) is 2. The molecular formula is C16H27N3O. The van der Waals surface area contributed by atoms with E-state index in [-0.39, 0.29) is 0 Å². The van der Waals surface area contributed by atoms with Crippen molar-refractivity contribution in [3.8, 4) is 0 Å². The number of nitrogens with one attached hydrogen (secondary N) is 1. The number of aryl methyl sites for hydroxylation is 2. The second kappa shape index (κ2) is 7.04. The minimum absolute atomic E-state index is 0.426. The second-order valence-electron chi connectivity index (χ2n) is 5.55. The van der Waals surface area contributed by atoms with Gasteiger partial charge >= 0.3 is 0 Å². The number of pyridine rings is 1. The van der Waals surface area contributed by atoms with Crippen molar-refractivity contribution < 1.29 is 4.74 Å². The van der Waals surface area contributed by atoms with Crippen LogP contribution in [0.15, 0.2) is 6.07 Å². The van der Waals surface area contributed by atoms with Crippen LogP contribution in [0.25, 0.3) is 0 Å². The van der Waals surface area contributed by atoms with E-state index in [4.69, 9.17) is 9.72 Å². The topological polar surface area (TPSA) is 37.4 Å². The molecule has 0 saturated carbocycles. The molecule has 2 heterocycles. The van der Waals surface area contributed by atoms with Crippen LogP contribution in [0, 0.1) is 13.8 Å². The van der Waals surface area contributed by atoms with Gasteiger partial charge in [0.2, 0.25) is 0 Å². The third-order valence-corrected chi connectivity index (χ3v) is 3.95. The molecule has 0 aliphatic carbocycles. The first-order chi connectivity index (χ1) is 9.65. The van der Waals surface area contributed by atoms with Gasteiger partial charge in [-0.15, -0.1) is 0 Å². The molecule has 1 aromatic heterocycles. The average molecular weight is 277 g/mol. The summed E-state index contributed by atoms with van der Waals surface area (Å²) in [6, 6.07) is 2.17. The Hall–Kier alpha value is -1.13. The first-order valence-corrected chi connectivity index (χ1v) is 7.64. The molecule has 4 nitrogen and oxygen atoms in total. The quantitative estimate of drug-likeness (QED) is 0.897. The summed E-state index contributed by atoms with van der Waals surface area (Å²) in [4.78, 5) is 7.21. The van der Waals surface area contributed by atoms with Gasteiger partial charge in [0.25, 0.3) is 0 Å². The van der Waals surface area contributed by atoms with E-state index in [1.165, 1.54) is 11.1 Å². The molecule has 0 aromatic carbocycles. The Morgan fingerprint density at radius 3 is 2.65 bits per heavy atom. The first kappa shape index (κ1) is 15.3. The van der Waals surface area contributed by atoms with E-state index < -0.39 is 0 Å². The molecule has 4 heteroatoms. The molecule has 0 bridgehead atoms. The third-order valence-electron chi connectivity index (χ3n) is 3.95. The minimum atomic E-state index is 0.426. The Kier molecular flexibility index (Phi) is 5.38. The summed E-state index contributed by atoms with van der Waals surface area (Å²) in [6.07, 6.45) is 2.62. The predicted octanol–water partition coefficient (Wildman–Crippen LogP) is 2.42. The van der Waals surface area contributed by atoms with Crippen molar-refractivity contribution in [2.75, 3.05) is 31.6 Å². The summed E-state index contributed by atoms with van der Waals surface area (Å²) < 4.78 is 5.73. The Morgan fingerprint density at radius 2 is 2.05 bits per heavy atom. The van der Waals surface area contributed by atoms with Crippen LogP contribution in [0.4, 0.5) is 5.82 Å². The fourth-order valence-electron chi connectivity index (χ4n) is 2.97. The van der Waals surface area contributed by atoms with Gasteiger partial charge < -0.3 is 15.0 Å². The van der Waals surface area contributed by atoms with Crippen molar-refractivity contribution in [1.82, 2.24) is 10.3 Å². The van der Waals surface area contributed by atoms with Gasteiger partial charge in [-0.3, -0.25) is 0 Å². The molecule has 0 radical (unpaired) electrons. The highest BCUT2D eigenvalue weighted by atomic mass is 16.5. The highest BCUT2D eigenvalue weighted by Crippen LogP contribution is 2.26. The molecule has 1 fully saturated rings. The van der Waals surface area contributed by atoms with E-state index >= 15 is 0 Å². The van der Waals surface area contributed by atoms with Crippen molar-refractivity contribution in [3.05, 3.63) is 22.9 Å². The normalized spacial score (nSPS) is 16.7. The van der Waals surface area contributed by atoms with Gasteiger partial charge in [0, 0.05) is 37.5 Å². The fraction of sp³-hybridized carbons (Fsp3) is 0.688. The lowest BCUT2D eigenvalue weighted by Gasteiger charge is -2.34. The number of hydrogen-bond donors (Lipinski definition) is 1. The number of aromatic nitrogens is 1. The molecule has 1 N–H and O–H groups in total. The standard InChI is InChI=1S/C16H27N3O/c1-5-20-14-6-8-19(9-7-14)16-15(11-17-4)12(2)10-13(3)18-16/h10,14,17H,5-9,11H2,1-4H3. The number of anilines is 1. The van der Waals surface area contributed by atoms with Gasteiger partial charge in [0.1, 0.15) is 5.82 Å². The van der Waals surface area contributed by atoms with Crippen LogP contribution in [-0.4, -0.2) is 37.8 Å². The molecular weight excluding hydrogens is 250 g/mol. The maximum Gasteiger partial charge on any atom is 0.133 e. The molecule has 112 valence electrons. The Balaban J connectivity index is 2.16. The maximum absolute atomic E-state index is 5.73. The summed E-state index contributed by atoms with van der Waals surface area (Å²) in [6.45, 7) is 10.1. The number of piperidine rings is 1. The maximum atomic E-state index is 5.73. The van der Waals surface area contributed by atoms with Gasteiger partial charge in [-0.05, 0) is 52.3 Å². The van der Waals surface area contributed by atoms with Crippen LogP contribution in [-0.2, 0) is 11.3 Å². The fourth-order valence-corrected chi connectivity index (χ4v) is 2.97. The van der Waals surface area contributed by atoms with Crippen molar-refractivity contribution in [2.24, 2.45) is 0 Å². The SMILES string of the molecule is CCOC1CCN(c2nc(C)cc(C)c2CNC)CC1. The van der Waals surface area contributed by atoms with Gasteiger partial charge in [-0.1, -0.05) is 0 Å². The van der Waals surface area contributed by atoms with Crippen molar-refractivity contribution >= 4 is 5.82 Å². The Bertz CT molecular complexity index is 440. The molecule has 20 heavy (non-hydrogen) atoms. The van der Waals surface area contributed by atoms with Gasteiger partial charge in [0.05, 0.1) is 6.10 Å². The Morgan fingerprint density at radius 1 is 1.35 bits per heavy atom. The first-order valence-electron chi connectivity index (χ1n) is 7.64.